The standard InChI is InChI=1S/C23H28N2O4S/c1-29-22-13-11-18(30(27,28)25-14-6-2-3-7-15-25)16-20(22)23(26)24-21-12-10-17-8-4-5-9-19(17)21/h4-5,8-9,11,13,16,21H,2-3,6-7,10,12,14-15H2,1H3,(H,24,26). The van der Waals surface area contributed by atoms with E-state index in [2.05, 4.69) is 11.4 Å². The van der Waals surface area contributed by atoms with E-state index in [0.29, 0.717) is 18.8 Å². The normalized spacial score (nSPS) is 19.7. The van der Waals surface area contributed by atoms with Crippen LogP contribution in [-0.2, 0) is 16.4 Å². The van der Waals surface area contributed by atoms with Gasteiger partial charge in [-0.3, -0.25) is 4.79 Å². The molecule has 2 aliphatic rings. The molecule has 7 heteroatoms. The molecular formula is C23H28N2O4S. The molecule has 2 aromatic carbocycles. The van der Waals surface area contributed by atoms with Crippen molar-refractivity contribution in [2.24, 2.45) is 0 Å². The number of benzene rings is 2. The number of hydrogen-bond donors (Lipinski definition) is 1. The van der Waals surface area contributed by atoms with Crippen molar-refractivity contribution in [2.45, 2.75) is 49.5 Å². The molecule has 4 rings (SSSR count). The quantitative estimate of drug-likeness (QED) is 0.788. The predicted octanol–water partition coefficient (Wildman–Crippen LogP) is 3.68. The largest absolute Gasteiger partial charge is 0.496 e. The van der Waals surface area contributed by atoms with Gasteiger partial charge in [0.05, 0.1) is 23.6 Å². The number of aryl methyl sites for hydroxylation is 1. The Labute approximate surface area is 178 Å². The molecule has 0 spiro atoms. The second-order valence-corrected chi connectivity index (χ2v) is 9.88. The Hall–Kier alpha value is -2.38. The Balaban J connectivity index is 1.61. The molecule has 6 nitrogen and oxygen atoms in total. The SMILES string of the molecule is COc1ccc(S(=O)(=O)N2CCCCCC2)cc1C(=O)NC1CCc2ccccc21. The summed E-state index contributed by atoms with van der Waals surface area (Å²) in [6.45, 7) is 1.05. The zero-order valence-corrected chi connectivity index (χ0v) is 18.1. The summed E-state index contributed by atoms with van der Waals surface area (Å²) >= 11 is 0. The Morgan fingerprint density at radius 1 is 1.07 bits per heavy atom. The van der Waals surface area contributed by atoms with E-state index in [1.807, 2.05) is 18.2 Å². The van der Waals surface area contributed by atoms with Gasteiger partial charge in [-0.1, -0.05) is 37.1 Å². The summed E-state index contributed by atoms with van der Waals surface area (Å²) in [5.41, 5.74) is 2.61. The van der Waals surface area contributed by atoms with Crippen LogP contribution in [0.4, 0.5) is 0 Å². The first-order chi connectivity index (χ1) is 14.5. The van der Waals surface area contributed by atoms with Crippen LogP contribution in [0.2, 0.25) is 0 Å². The van der Waals surface area contributed by atoms with Crippen molar-refractivity contribution in [3.63, 3.8) is 0 Å². The van der Waals surface area contributed by atoms with E-state index in [9.17, 15) is 13.2 Å². The van der Waals surface area contributed by atoms with Crippen molar-refractivity contribution < 1.29 is 17.9 Å². The van der Waals surface area contributed by atoms with Gasteiger partial charge in [-0.15, -0.1) is 0 Å². The van der Waals surface area contributed by atoms with E-state index < -0.39 is 10.0 Å². The number of nitrogens with zero attached hydrogens (tertiary/aromatic N) is 1. The number of carbonyl (C=O) groups excluding carboxylic acids is 1. The van der Waals surface area contributed by atoms with Crippen LogP contribution in [0.3, 0.4) is 0 Å². The van der Waals surface area contributed by atoms with Gasteiger partial charge in [-0.25, -0.2) is 8.42 Å². The summed E-state index contributed by atoms with van der Waals surface area (Å²) < 4.78 is 33.3. The summed E-state index contributed by atoms with van der Waals surface area (Å²) in [6, 6.07) is 12.6. The van der Waals surface area contributed by atoms with E-state index in [4.69, 9.17) is 4.74 Å². The molecule has 1 fully saturated rings. The number of rotatable bonds is 5. The molecule has 1 unspecified atom stereocenters. The molecule has 0 radical (unpaired) electrons. The first-order valence-corrected chi connectivity index (χ1v) is 12.0. The minimum absolute atomic E-state index is 0.0794. The molecule has 1 aliphatic heterocycles. The number of sulfonamides is 1. The van der Waals surface area contributed by atoms with Crippen molar-refractivity contribution in [1.29, 1.82) is 0 Å². The average Bonchev–Trinajstić information content (AvgIpc) is 2.97. The van der Waals surface area contributed by atoms with Crippen molar-refractivity contribution >= 4 is 15.9 Å². The number of carbonyl (C=O) groups is 1. The molecule has 160 valence electrons. The highest BCUT2D eigenvalue weighted by atomic mass is 32.2. The molecular weight excluding hydrogens is 400 g/mol. The smallest absolute Gasteiger partial charge is 0.255 e. The lowest BCUT2D eigenvalue weighted by Crippen LogP contribution is -2.32. The van der Waals surface area contributed by atoms with Gasteiger partial charge in [0, 0.05) is 13.1 Å². The predicted molar refractivity (Wildman–Crippen MR) is 115 cm³/mol. The summed E-state index contributed by atoms with van der Waals surface area (Å²) in [7, 11) is -2.16. The number of hydrogen-bond acceptors (Lipinski definition) is 4. The van der Waals surface area contributed by atoms with Gasteiger partial charge in [0.15, 0.2) is 0 Å². The molecule has 0 bridgehead atoms. The molecule has 1 atom stereocenters. The maximum atomic E-state index is 13.2. The molecule has 30 heavy (non-hydrogen) atoms. The topological polar surface area (TPSA) is 75.7 Å². The zero-order valence-electron chi connectivity index (χ0n) is 17.3. The second-order valence-electron chi connectivity index (χ2n) is 7.94. The molecule has 1 N–H and O–H groups in total. The highest BCUT2D eigenvalue weighted by molar-refractivity contribution is 7.89. The van der Waals surface area contributed by atoms with Crippen LogP contribution in [0.5, 0.6) is 5.75 Å². The van der Waals surface area contributed by atoms with Gasteiger partial charge < -0.3 is 10.1 Å². The van der Waals surface area contributed by atoms with Crippen LogP contribution in [0.25, 0.3) is 0 Å². The first-order valence-electron chi connectivity index (χ1n) is 10.6. The van der Waals surface area contributed by atoms with E-state index in [1.54, 1.807) is 6.07 Å². The lowest BCUT2D eigenvalue weighted by Gasteiger charge is -2.21. The lowest BCUT2D eigenvalue weighted by molar-refractivity contribution is 0.0933. The zero-order chi connectivity index (χ0) is 21.1. The van der Waals surface area contributed by atoms with Crippen LogP contribution >= 0.6 is 0 Å². The van der Waals surface area contributed by atoms with Crippen molar-refractivity contribution in [2.75, 3.05) is 20.2 Å². The van der Waals surface area contributed by atoms with Crippen LogP contribution in [-0.4, -0.2) is 38.8 Å². The third kappa shape index (κ3) is 4.09. The van der Waals surface area contributed by atoms with Gasteiger partial charge in [0.2, 0.25) is 10.0 Å². The van der Waals surface area contributed by atoms with Crippen LogP contribution in [0, 0.1) is 0 Å². The fourth-order valence-electron chi connectivity index (χ4n) is 4.40. The van der Waals surface area contributed by atoms with Gasteiger partial charge >= 0.3 is 0 Å². The fourth-order valence-corrected chi connectivity index (χ4v) is 5.94. The minimum atomic E-state index is -3.64. The third-order valence-corrected chi connectivity index (χ3v) is 7.95. The molecule has 1 saturated heterocycles. The summed E-state index contributed by atoms with van der Waals surface area (Å²) in [5.74, 6) is 0.0510. The van der Waals surface area contributed by atoms with Crippen molar-refractivity contribution in [1.82, 2.24) is 9.62 Å². The number of fused-ring (bicyclic) bond motifs is 1. The van der Waals surface area contributed by atoms with Crippen molar-refractivity contribution in [3.05, 3.63) is 59.2 Å². The maximum Gasteiger partial charge on any atom is 0.255 e. The minimum Gasteiger partial charge on any atom is -0.496 e. The second kappa shape index (κ2) is 8.78. The fraction of sp³-hybridized carbons (Fsp3) is 0.435. The Kier molecular flexibility index (Phi) is 6.11. The van der Waals surface area contributed by atoms with Crippen LogP contribution in [0.15, 0.2) is 47.4 Å². The van der Waals surface area contributed by atoms with Gasteiger partial charge in [-0.2, -0.15) is 4.31 Å². The highest BCUT2D eigenvalue weighted by Gasteiger charge is 2.29. The van der Waals surface area contributed by atoms with Crippen molar-refractivity contribution in [3.8, 4) is 5.75 Å². The molecule has 0 saturated carbocycles. The number of nitrogens with one attached hydrogen (secondary N) is 1. The molecule has 2 aromatic rings. The van der Waals surface area contributed by atoms with Crippen LogP contribution in [0.1, 0.15) is 59.6 Å². The number of amides is 1. The average molecular weight is 429 g/mol. The monoisotopic (exact) mass is 428 g/mol. The summed E-state index contributed by atoms with van der Waals surface area (Å²) in [6.07, 6.45) is 5.57. The van der Waals surface area contributed by atoms with Gasteiger partial charge in [0.1, 0.15) is 5.75 Å². The summed E-state index contributed by atoms with van der Waals surface area (Å²) in [4.78, 5) is 13.2. The Morgan fingerprint density at radius 2 is 1.80 bits per heavy atom. The molecule has 1 amide bonds. The van der Waals surface area contributed by atoms with E-state index in [0.717, 1.165) is 44.1 Å². The molecule has 1 heterocycles. The van der Waals surface area contributed by atoms with Crippen LogP contribution < -0.4 is 10.1 Å². The van der Waals surface area contributed by atoms with E-state index in [-0.39, 0.29) is 22.4 Å². The number of ether oxygens (including phenoxy) is 1. The van der Waals surface area contributed by atoms with E-state index in [1.165, 1.54) is 29.1 Å². The van der Waals surface area contributed by atoms with E-state index >= 15 is 0 Å². The third-order valence-electron chi connectivity index (χ3n) is 6.06. The Bertz CT molecular complexity index is 1030. The molecule has 1 aliphatic carbocycles. The first kappa shape index (κ1) is 20.9. The van der Waals surface area contributed by atoms with Gasteiger partial charge in [-0.05, 0) is 55.0 Å². The highest BCUT2D eigenvalue weighted by Crippen LogP contribution is 2.32. The maximum absolute atomic E-state index is 13.2. The summed E-state index contributed by atoms with van der Waals surface area (Å²) in [5, 5.41) is 3.07. The lowest BCUT2D eigenvalue weighted by atomic mass is 10.1. The molecule has 0 aromatic heterocycles. The van der Waals surface area contributed by atoms with Gasteiger partial charge in [0.25, 0.3) is 5.91 Å². The number of methoxy groups -OCH3 is 1. The Morgan fingerprint density at radius 3 is 2.53 bits per heavy atom.